The molecule has 3 aromatic rings. The number of carbonyl (C=O) groups is 2. The zero-order valence-corrected chi connectivity index (χ0v) is 27.8. The molecule has 0 radical (unpaired) electrons. The van der Waals surface area contributed by atoms with Crippen LogP contribution in [0, 0.1) is 0 Å². The summed E-state index contributed by atoms with van der Waals surface area (Å²) in [6.07, 6.45) is 13.7. The fourth-order valence-corrected chi connectivity index (χ4v) is 6.67. The molecule has 3 atom stereocenters. The maximum atomic E-state index is 13.1. The lowest BCUT2D eigenvalue weighted by Crippen LogP contribution is -2.36. The number of nitrogens with zero attached hydrogens (tertiary/aromatic N) is 4. The van der Waals surface area contributed by atoms with Gasteiger partial charge in [0.05, 0.1) is 35.9 Å². The second kappa shape index (κ2) is 12.1. The van der Waals surface area contributed by atoms with Gasteiger partial charge in [-0.1, -0.05) is 48.6 Å². The summed E-state index contributed by atoms with van der Waals surface area (Å²) in [6, 6.07) is 10.0. The Balaban J connectivity index is 1.33. The largest absolute Gasteiger partial charge is 0.444 e. The topological polar surface area (TPSA) is 116 Å². The van der Waals surface area contributed by atoms with Gasteiger partial charge < -0.3 is 19.4 Å². The predicted molar refractivity (Wildman–Crippen MR) is 176 cm³/mol. The number of aromatic nitrogens is 4. The van der Waals surface area contributed by atoms with Crippen LogP contribution < -0.4 is 0 Å². The maximum Gasteiger partial charge on any atom is 0.410 e. The molecular weight excluding hydrogens is 580 g/mol. The molecule has 10 heteroatoms. The van der Waals surface area contributed by atoms with Gasteiger partial charge in [-0.3, -0.25) is 9.80 Å². The quantitative estimate of drug-likeness (QED) is 0.301. The highest BCUT2D eigenvalue weighted by molar-refractivity contribution is 5.76. The van der Waals surface area contributed by atoms with Crippen LogP contribution in [0.15, 0.2) is 61.0 Å². The van der Waals surface area contributed by atoms with Gasteiger partial charge in [-0.25, -0.2) is 19.6 Å². The van der Waals surface area contributed by atoms with Crippen molar-refractivity contribution in [1.82, 2.24) is 29.7 Å². The van der Waals surface area contributed by atoms with E-state index in [2.05, 4.69) is 40.3 Å². The van der Waals surface area contributed by atoms with Crippen molar-refractivity contribution in [3.8, 4) is 0 Å². The number of H-pyrrole nitrogens is 2. The van der Waals surface area contributed by atoms with Gasteiger partial charge in [0.15, 0.2) is 0 Å². The van der Waals surface area contributed by atoms with Gasteiger partial charge in [0, 0.05) is 13.1 Å². The summed E-state index contributed by atoms with van der Waals surface area (Å²) in [5.41, 5.74) is 2.18. The number of hydrogen-bond donors (Lipinski definition) is 2. The fourth-order valence-electron chi connectivity index (χ4n) is 6.67. The van der Waals surface area contributed by atoms with Gasteiger partial charge in [0.1, 0.15) is 28.3 Å². The van der Waals surface area contributed by atoms with E-state index in [9.17, 15) is 9.59 Å². The number of ether oxygens (including phenoxy) is 2. The van der Waals surface area contributed by atoms with Crippen molar-refractivity contribution in [2.24, 2.45) is 0 Å². The lowest BCUT2D eigenvalue weighted by molar-refractivity contribution is 0.0211. The van der Waals surface area contributed by atoms with E-state index >= 15 is 0 Å². The van der Waals surface area contributed by atoms with E-state index in [0.29, 0.717) is 19.5 Å². The molecule has 2 amide bonds. The minimum atomic E-state index is -0.709. The van der Waals surface area contributed by atoms with Crippen molar-refractivity contribution in [1.29, 1.82) is 0 Å². The van der Waals surface area contributed by atoms with E-state index in [-0.39, 0.29) is 24.3 Å². The molecule has 244 valence electrons. The van der Waals surface area contributed by atoms with Crippen LogP contribution in [0.3, 0.4) is 0 Å². The highest BCUT2D eigenvalue weighted by Gasteiger charge is 2.42. The Bertz CT molecular complexity index is 1540. The molecule has 4 heterocycles. The summed E-state index contributed by atoms with van der Waals surface area (Å²) < 4.78 is 11.4. The van der Waals surface area contributed by atoms with Gasteiger partial charge in [0.25, 0.3) is 0 Å². The summed E-state index contributed by atoms with van der Waals surface area (Å²) in [6.45, 7) is 12.6. The molecule has 0 saturated carbocycles. The predicted octanol–water partition coefficient (Wildman–Crippen LogP) is 7.61. The van der Waals surface area contributed by atoms with E-state index in [4.69, 9.17) is 19.4 Å². The number of rotatable bonds is 5. The molecule has 46 heavy (non-hydrogen) atoms. The fraction of sp³-hybridized carbons (Fsp3) is 0.500. The minimum absolute atomic E-state index is 0.149. The molecular formula is C36H46N6O4. The first-order chi connectivity index (χ1) is 21.8. The Morgan fingerprint density at radius 2 is 1.30 bits per heavy atom. The molecule has 0 bridgehead atoms. The Morgan fingerprint density at radius 3 is 1.74 bits per heavy atom. The van der Waals surface area contributed by atoms with Gasteiger partial charge >= 0.3 is 12.2 Å². The van der Waals surface area contributed by atoms with Crippen LogP contribution in [-0.2, 0) is 14.9 Å². The summed E-state index contributed by atoms with van der Waals surface area (Å²) in [7, 11) is 0. The average molecular weight is 627 g/mol. The molecule has 2 aliphatic heterocycles. The van der Waals surface area contributed by atoms with Crippen LogP contribution in [0.4, 0.5) is 9.59 Å². The first-order valence-corrected chi connectivity index (χ1v) is 16.4. The standard InChI is InChI=1S/C36H46N6O4/c1-34(2,3)45-32(43)41-20-10-14-28(41)26-22-37-30(39-26)36(18-16-25(17-19-36)24-12-8-7-9-13-24)31-38-23-27(40-31)29-15-11-21-42(29)33(44)46-35(4,5)6/h7-9,12-13,16-18,22-23,28-29H,10-11,14-15,19-21H2,1-6H3,(H,37,39)(H,38,40)/t28-,29+,36?. The third kappa shape index (κ3) is 6.48. The molecule has 2 N–H and O–H groups in total. The molecule has 1 unspecified atom stereocenters. The van der Waals surface area contributed by atoms with E-state index in [1.54, 1.807) is 9.80 Å². The number of carbonyl (C=O) groups excluding carboxylic acids is 2. The first-order valence-electron chi connectivity index (χ1n) is 16.4. The molecule has 2 fully saturated rings. The lowest BCUT2D eigenvalue weighted by atomic mass is 9.77. The smallest absolute Gasteiger partial charge is 0.410 e. The monoisotopic (exact) mass is 626 g/mol. The normalized spacial score (nSPS) is 23.5. The van der Waals surface area contributed by atoms with Gasteiger partial charge in [-0.05, 0) is 84.8 Å². The zero-order valence-electron chi connectivity index (χ0n) is 27.8. The SMILES string of the molecule is CC(C)(C)OC(=O)N1CCC[C@@H]1c1cnc(C2(c3ncc([C@@H]4CCCN4C(=O)OC(C)(C)C)[nH]3)C=CC(c3ccccc3)=CC2)[nH]1. The Labute approximate surface area is 271 Å². The molecule has 1 aromatic carbocycles. The van der Waals surface area contributed by atoms with E-state index in [1.165, 1.54) is 0 Å². The van der Waals surface area contributed by atoms with Gasteiger partial charge in [-0.2, -0.15) is 0 Å². The van der Waals surface area contributed by atoms with Crippen molar-refractivity contribution < 1.29 is 19.1 Å². The van der Waals surface area contributed by atoms with Crippen molar-refractivity contribution >= 4 is 17.8 Å². The summed E-state index contributed by atoms with van der Waals surface area (Å²) in [5.74, 6) is 1.49. The van der Waals surface area contributed by atoms with Crippen LogP contribution in [0.2, 0.25) is 0 Å². The van der Waals surface area contributed by atoms with E-state index in [0.717, 1.165) is 59.9 Å². The molecule has 0 spiro atoms. The Hall–Kier alpha value is -4.34. The number of allylic oxidation sites excluding steroid dienone is 4. The number of likely N-dealkylation sites (tertiary alicyclic amines) is 2. The van der Waals surface area contributed by atoms with Gasteiger partial charge in [-0.15, -0.1) is 0 Å². The van der Waals surface area contributed by atoms with E-state index in [1.807, 2.05) is 72.1 Å². The number of nitrogens with one attached hydrogen (secondary N) is 2. The van der Waals surface area contributed by atoms with Crippen LogP contribution in [0.25, 0.3) is 5.57 Å². The lowest BCUT2D eigenvalue weighted by Gasteiger charge is -2.30. The summed E-state index contributed by atoms with van der Waals surface area (Å²) in [4.78, 5) is 46.9. The summed E-state index contributed by atoms with van der Waals surface area (Å²) >= 11 is 0. The van der Waals surface area contributed by atoms with Crippen LogP contribution in [0.1, 0.15) is 114 Å². The Kier molecular flexibility index (Phi) is 8.33. The highest BCUT2D eigenvalue weighted by Crippen LogP contribution is 2.42. The number of amides is 2. The zero-order chi connectivity index (χ0) is 32.7. The molecule has 6 rings (SSSR count). The molecule has 2 aromatic heterocycles. The van der Waals surface area contributed by atoms with Crippen LogP contribution in [-0.4, -0.2) is 66.2 Å². The van der Waals surface area contributed by atoms with E-state index < -0.39 is 16.6 Å². The highest BCUT2D eigenvalue weighted by atomic mass is 16.6. The van der Waals surface area contributed by atoms with Crippen LogP contribution in [0.5, 0.6) is 0 Å². The van der Waals surface area contributed by atoms with Crippen molar-refractivity contribution in [3.05, 3.63) is 89.6 Å². The van der Waals surface area contributed by atoms with Crippen molar-refractivity contribution in [2.45, 2.75) is 102 Å². The number of imidazole rings is 2. The molecule has 2 saturated heterocycles. The second-order valence-electron chi connectivity index (χ2n) is 14.6. The molecule has 1 aliphatic carbocycles. The van der Waals surface area contributed by atoms with Crippen LogP contribution >= 0.6 is 0 Å². The second-order valence-corrected chi connectivity index (χ2v) is 14.6. The third-order valence-electron chi connectivity index (χ3n) is 8.81. The number of benzene rings is 1. The molecule has 10 nitrogen and oxygen atoms in total. The Morgan fingerprint density at radius 1 is 0.804 bits per heavy atom. The first kappa shape index (κ1) is 31.6. The van der Waals surface area contributed by atoms with Crippen molar-refractivity contribution in [2.75, 3.05) is 13.1 Å². The minimum Gasteiger partial charge on any atom is -0.444 e. The maximum absolute atomic E-state index is 13.1. The summed E-state index contributed by atoms with van der Waals surface area (Å²) in [5, 5.41) is 0. The number of aromatic amines is 2. The third-order valence-corrected chi connectivity index (χ3v) is 8.81. The van der Waals surface area contributed by atoms with Gasteiger partial charge in [0.2, 0.25) is 0 Å². The number of hydrogen-bond acceptors (Lipinski definition) is 6. The van der Waals surface area contributed by atoms with Crippen molar-refractivity contribution in [3.63, 3.8) is 0 Å². The average Bonchev–Trinajstić information content (AvgIpc) is 3.82. The molecule has 3 aliphatic rings.